The van der Waals surface area contributed by atoms with Gasteiger partial charge in [-0.3, -0.25) is 9.69 Å². The van der Waals surface area contributed by atoms with E-state index in [4.69, 9.17) is 18.9 Å². The lowest BCUT2D eigenvalue weighted by atomic mass is 9.81. The summed E-state index contributed by atoms with van der Waals surface area (Å²) in [4.78, 5) is 18.4. The third-order valence-electron chi connectivity index (χ3n) is 8.64. The van der Waals surface area contributed by atoms with E-state index >= 15 is 0 Å². The van der Waals surface area contributed by atoms with Crippen LogP contribution in [0.3, 0.4) is 0 Å². The Morgan fingerprint density at radius 1 is 0.907 bits per heavy atom. The predicted octanol–water partition coefficient (Wildman–Crippen LogP) is 6.29. The monoisotopic (exact) mass is 574 g/mol. The van der Waals surface area contributed by atoms with Crippen LogP contribution in [-0.4, -0.2) is 42.7 Å². The van der Waals surface area contributed by atoms with E-state index in [0.717, 1.165) is 39.3 Å². The summed E-state index contributed by atoms with van der Waals surface area (Å²) in [6.07, 6.45) is 2.74. The zero-order valence-corrected chi connectivity index (χ0v) is 24.6. The van der Waals surface area contributed by atoms with Crippen molar-refractivity contribution in [1.82, 2.24) is 9.80 Å². The fourth-order valence-electron chi connectivity index (χ4n) is 6.41. The summed E-state index contributed by atoms with van der Waals surface area (Å²) < 4.78 is 23.6. The standard InChI is InChI=1S/C36H34N2O5/c1-23-14-26-15-30-36(39)38(20-24-10-6-4-7-11-24)29(35(37(30)2)28(26)18-31(23)40-3)16-27-17-33-34(43-22-42-33)19-32(27)41-21-25-12-8-5-9-13-25/h4-14,16-19,30,35H,15,20-22H2,1-3H3/b29-16+/t30-,35+/m0/s1. The smallest absolute Gasteiger partial charge is 0.244 e. The number of benzene rings is 4. The number of carbonyl (C=O) groups excluding carboxylic acids is 1. The number of likely N-dealkylation sites (N-methyl/N-ethyl adjacent to an activating group) is 1. The van der Waals surface area contributed by atoms with E-state index in [1.165, 1.54) is 5.56 Å². The van der Waals surface area contributed by atoms with Crippen LogP contribution < -0.4 is 18.9 Å². The van der Waals surface area contributed by atoms with Crippen LogP contribution in [-0.2, 0) is 24.4 Å². The Bertz CT molecular complexity index is 1700. The van der Waals surface area contributed by atoms with E-state index in [1.807, 2.05) is 72.6 Å². The van der Waals surface area contributed by atoms with E-state index in [9.17, 15) is 4.79 Å². The average Bonchev–Trinajstić information content (AvgIpc) is 3.49. The predicted molar refractivity (Wildman–Crippen MR) is 164 cm³/mol. The summed E-state index contributed by atoms with van der Waals surface area (Å²) in [5.41, 5.74) is 7.21. The van der Waals surface area contributed by atoms with E-state index < -0.39 is 0 Å². The van der Waals surface area contributed by atoms with Crippen molar-refractivity contribution in [2.75, 3.05) is 21.0 Å². The number of hydrogen-bond donors (Lipinski definition) is 0. The molecule has 2 atom stereocenters. The molecule has 4 aromatic rings. The van der Waals surface area contributed by atoms with E-state index in [-0.39, 0.29) is 24.8 Å². The highest BCUT2D eigenvalue weighted by atomic mass is 16.7. The van der Waals surface area contributed by atoms with Gasteiger partial charge in [0.05, 0.1) is 25.7 Å². The van der Waals surface area contributed by atoms with Crippen molar-refractivity contribution in [1.29, 1.82) is 0 Å². The second-order valence-electron chi connectivity index (χ2n) is 11.3. The summed E-state index contributed by atoms with van der Waals surface area (Å²) in [6, 6.07) is 27.9. The van der Waals surface area contributed by atoms with Crippen LogP contribution in [0.1, 0.15) is 39.4 Å². The van der Waals surface area contributed by atoms with Gasteiger partial charge in [-0.05, 0) is 66.4 Å². The lowest BCUT2D eigenvalue weighted by Gasteiger charge is -2.50. The number of aryl methyl sites for hydroxylation is 1. The third-order valence-corrected chi connectivity index (χ3v) is 8.64. The number of rotatable bonds is 7. The summed E-state index contributed by atoms with van der Waals surface area (Å²) in [6.45, 7) is 3.07. The molecule has 2 bridgehead atoms. The van der Waals surface area contributed by atoms with E-state index in [2.05, 4.69) is 42.2 Å². The zero-order chi connectivity index (χ0) is 29.5. The highest BCUT2D eigenvalue weighted by Gasteiger charge is 2.47. The molecule has 1 amide bonds. The van der Waals surface area contributed by atoms with Gasteiger partial charge in [-0.1, -0.05) is 66.7 Å². The fourth-order valence-corrected chi connectivity index (χ4v) is 6.41. The SMILES string of the molecule is COc1cc2c(cc1C)C[C@H]1C(=O)N(Cc3ccccc3)/C(=C/c3cc4c(cc3OCc3ccccc3)OCO4)[C@@H]2N1C. The first-order chi connectivity index (χ1) is 21.0. The Balaban J connectivity index is 1.38. The van der Waals surface area contributed by atoms with Crippen molar-refractivity contribution in [3.63, 3.8) is 0 Å². The molecule has 3 aliphatic heterocycles. The normalized spacial score (nSPS) is 19.8. The molecule has 43 heavy (non-hydrogen) atoms. The molecule has 0 aliphatic carbocycles. The average molecular weight is 575 g/mol. The second kappa shape index (κ2) is 11.2. The Hall–Kier alpha value is -4.75. The quantitative estimate of drug-likeness (QED) is 0.259. The second-order valence-corrected chi connectivity index (χ2v) is 11.3. The molecule has 1 saturated heterocycles. The molecule has 1 fully saturated rings. The number of carbonyl (C=O) groups is 1. The number of piperazine rings is 1. The third kappa shape index (κ3) is 5.00. The van der Waals surface area contributed by atoms with Crippen LogP contribution in [0.5, 0.6) is 23.0 Å². The van der Waals surface area contributed by atoms with Crippen molar-refractivity contribution >= 4 is 12.0 Å². The number of hydrogen-bond acceptors (Lipinski definition) is 6. The van der Waals surface area contributed by atoms with Gasteiger partial charge >= 0.3 is 0 Å². The Morgan fingerprint density at radius 2 is 1.60 bits per heavy atom. The van der Waals surface area contributed by atoms with Crippen LogP contribution in [0.4, 0.5) is 0 Å². The molecule has 0 radical (unpaired) electrons. The number of nitrogens with zero attached hydrogens (tertiary/aromatic N) is 2. The van der Waals surface area contributed by atoms with E-state index in [0.29, 0.717) is 36.8 Å². The first-order valence-corrected chi connectivity index (χ1v) is 14.6. The van der Waals surface area contributed by atoms with Crippen molar-refractivity contribution in [3.05, 3.63) is 124 Å². The Kier molecular flexibility index (Phi) is 7.03. The molecule has 0 unspecified atom stereocenters. The summed E-state index contributed by atoms with van der Waals surface area (Å²) in [5, 5.41) is 0. The van der Waals surface area contributed by atoms with Gasteiger partial charge in [-0.2, -0.15) is 0 Å². The van der Waals surface area contributed by atoms with Crippen molar-refractivity contribution in [2.24, 2.45) is 0 Å². The van der Waals surface area contributed by atoms with Crippen LogP contribution in [0.15, 0.2) is 90.6 Å². The minimum absolute atomic E-state index is 0.0838. The summed E-state index contributed by atoms with van der Waals surface area (Å²) >= 11 is 0. The lowest BCUT2D eigenvalue weighted by molar-refractivity contribution is -0.141. The molecule has 3 aliphatic rings. The van der Waals surface area contributed by atoms with Crippen molar-refractivity contribution in [3.8, 4) is 23.0 Å². The molecule has 7 nitrogen and oxygen atoms in total. The molecule has 7 heteroatoms. The van der Waals surface area contributed by atoms with Crippen molar-refractivity contribution in [2.45, 2.75) is 38.6 Å². The maximum atomic E-state index is 14.3. The number of ether oxygens (including phenoxy) is 4. The Morgan fingerprint density at radius 3 is 2.33 bits per heavy atom. The van der Waals surface area contributed by atoms with Gasteiger partial charge in [0.15, 0.2) is 11.5 Å². The van der Waals surface area contributed by atoms with E-state index in [1.54, 1.807) is 7.11 Å². The summed E-state index contributed by atoms with van der Waals surface area (Å²) in [7, 11) is 3.75. The van der Waals surface area contributed by atoms with Crippen molar-refractivity contribution < 1.29 is 23.7 Å². The number of methoxy groups -OCH3 is 1. The highest BCUT2D eigenvalue weighted by molar-refractivity contribution is 5.88. The first-order valence-electron chi connectivity index (χ1n) is 14.6. The lowest BCUT2D eigenvalue weighted by Crippen LogP contribution is -2.58. The topological polar surface area (TPSA) is 60.5 Å². The molecule has 0 spiro atoms. The van der Waals surface area contributed by atoms with Gasteiger partial charge in [0, 0.05) is 17.3 Å². The Labute approximate surface area is 251 Å². The van der Waals surface area contributed by atoms with Crippen LogP contribution in [0, 0.1) is 6.92 Å². The zero-order valence-electron chi connectivity index (χ0n) is 24.6. The molecule has 0 aromatic heterocycles. The molecular formula is C36H34N2O5. The van der Waals surface area contributed by atoms with Gasteiger partial charge in [0.1, 0.15) is 18.1 Å². The molecule has 7 rings (SSSR count). The van der Waals surface area contributed by atoms with Gasteiger partial charge in [0.2, 0.25) is 12.7 Å². The molecule has 218 valence electrons. The molecular weight excluding hydrogens is 540 g/mol. The molecule has 3 heterocycles. The minimum atomic E-state index is -0.267. The first kappa shape index (κ1) is 27.1. The molecule has 0 saturated carbocycles. The largest absolute Gasteiger partial charge is 0.496 e. The van der Waals surface area contributed by atoms with Gasteiger partial charge in [0.25, 0.3) is 0 Å². The maximum Gasteiger partial charge on any atom is 0.244 e. The fraction of sp³-hybridized carbons (Fsp3) is 0.250. The highest BCUT2D eigenvalue weighted by Crippen LogP contribution is 2.47. The van der Waals surface area contributed by atoms with Crippen LogP contribution in [0.25, 0.3) is 6.08 Å². The minimum Gasteiger partial charge on any atom is -0.496 e. The maximum absolute atomic E-state index is 14.3. The number of amides is 1. The molecule has 4 aromatic carbocycles. The van der Waals surface area contributed by atoms with Gasteiger partial charge in [-0.25, -0.2) is 0 Å². The van der Waals surface area contributed by atoms with Gasteiger partial charge in [-0.15, -0.1) is 0 Å². The number of fused-ring (bicyclic) bond motifs is 5. The van der Waals surface area contributed by atoms with Crippen LogP contribution in [0.2, 0.25) is 0 Å². The van der Waals surface area contributed by atoms with Crippen LogP contribution >= 0.6 is 0 Å². The summed E-state index contributed by atoms with van der Waals surface area (Å²) in [5.74, 6) is 2.89. The van der Waals surface area contributed by atoms with Gasteiger partial charge < -0.3 is 23.8 Å². The molecule has 0 N–H and O–H groups in total.